The van der Waals surface area contributed by atoms with Crippen LogP contribution in [0.1, 0.15) is 60.8 Å². The molecule has 0 saturated carbocycles. The summed E-state index contributed by atoms with van der Waals surface area (Å²) in [5.41, 5.74) is 7.85. The van der Waals surface area contributed by atoms with E-state index in [1.54, 1.807) is 6.07 Å². The summed E-state index contributed by atoms with van der Waals surface area (Å²) < 4.78 is 76.4. The van der Waals surface area contributed by atoms with Gasteiger partial charge in [0.2, 0.25) is 0 Å². The second kappa shape index (κ2) is 14.3. The van der Waals surface area contributed by atoms with Gasteiger partial charge >= 0.3 is 0 Å². The molecule has 0 fully saturated rings. The van der Waals surface area contributed by atoms with Gasteiger partial charge in [-0.2, -0.15) is 0 Å². The summed E-state index contributed by atoms with van der Waals surface area (Å²) in [7, 11) is 0. The number of benzene rings is 2. The molecule has 2 aliphatic heterocycles. The topological polar surface area (TPSA) is 75.8 Å². The first-order chi connectivity index (χ1) is 24.6. The molecule has 7 rings (SSSR count). The van der Waals surface area contributed by atoms with Crippen LogP contribution in [0.5, 0.6) is 0 Å². The van der Waals surface area contributed by atoms with E-state index < -0.39 is 35.5 Å². The Morgan fingerprint density at radius 1 is 0.640 bits per heavy atom. The van der Waals surface area contributed by atoms with Gasteiger partial charge < -0.3 is 19.4 Å². The zero-order valence-corrected chi connectivity index (χ0v) is 27.4. The molecule has 2 aliphatic rings. The van der Waals surface area contributed by atoms with Crippen molar-refractivity contribution in [1.82, 2.24) is 19.9 Å². The molecule has 0 radical (unpaired) electrons. The lowest BCUT2D eigenvalue weighted by Gasteiger charge is -2.14. The molecule has 254 valence electrons. The third kappa shape index (κ3) is 7.93. The van der Waals surface area contributed by atoms with Crippen LogP contribution in [0, 0.1) is 23.3 Å². The Bertz CT molecular complexity index is 2310. The Labute approximate surface area is 287 Å². The van der Waals surface area contributed by atoms with Crippen LogP contribution in [-0.2, 0) is 22.3 Å². The smallest absolute Gasteiger partial charge is 0.126 e. The first-order valence-corrected chi connectivity index (χ1v) is 16.3. The second-order valence-corrected chi connectivity index (χ2v) is 12.3. The summed E-state index contributed by atoms with van der Waals surface area (Å²) >= 11 is 0. The van der Waals surface area contributed by atoms with Crippen molar-refractivity contribution < 1.29 is 28.4 Å². The number of aromatic nitrogens is 4. The number of H-pyrrole nitrogens is 2. The molecule has 6 nitrogen and oxygen atoms in total. The Hall–Kier alpha value is -5.32. The lowest BCUT2D eigenvalue weighted by molar-refractivity contribution is 0.0691. The van der Waals surface area contributed by atoms with Crippen molar-refractivity contribution in [3.63, 3.8) is 0 Å². The van der Waals surface area contributed by atoms with Crippen molar-refractivity contribution in [2.75, 3.05) is 13.2 Å². The zero-order valence-electron chi connectivity index (χ0n) is 28.4. The first-order valence-electron chi connectivity index (χ1n) is 16.8. The average molecular weight is 680 g/mol. The predicted octanol–water partition coefficient (Wildman–Crippen LogP) is 9.55. The molecule has 10 heteroatoms. The molecule has 3 aromatic heterocycles. The SMILES string of the molecule is [2H]c1c(C(C)OCCc2cc(F)cc(F)c2)c2cc3nc(cc4ccc(cc5nc(cc1[nH]2)C=C5)[nH]4)C(C(C)OCCc1cc(F)cc(F)c1)=C3. The molecule has 2 aromatic carbocycles. The van der Waals surface area contributed by atoms with Crippen molar-refractivity contribution in [1.29, 1.82) is 0 Å². The van der Waals surface area contributed by atoms with Crippen LogP contribution in [0.4, 0.5) is 17.6 Å². The quantitative estimate of drug-likeness (QED) is 0.142. The van der Waals surface area contributed by atoms with E-state index in [1.165, 1.54) is 24.3 Å². The van der Waals surface area contributed by atoms with Gasteiger partial charge in [-0.1, -0.05) is 0 Å². The van der Waals surface area contributed by atoms with Gasteiger partial charge in [0.15, 0.2) is 0 Å². The maximum Gasteiger partial charge on any atom is 0.126 e. The highest BCUT2D eigenvalue weighted by molar-refractivity contribution is 5.87. The Morgan fingerprint density at radius 3 is 1.82 bits per heavy atom. The molecular formula is C40H34F4N4O2. The second-order valence-electron chi connectivity index (χ2n) is 12.3. The lowest BCUT2D eigenvalue weighted by Crippen LogP contribution is -2.12. The number of nitrogens with one attached hydrogen (secondary N) is 2. The maximum atomic E-state index is 13.8. The van der Waals surface area contributed by atoms with Crippen LogP contribution >= 0.6 is 0 Å². The minimum Gasteiger partial charge on any atom is -0.373 e. The van der Waals surface area contributed by atoms with Gasteiger partial charge in [-0.3, -0.25) is 0 Å². The van der Waals surface area contributed by atoms with Crippen LogP contribution in [0.2, 0.25) is 0 Å². The number of hydrogen-bond donors (Lipinski definition) is 2. The van der Waals surface area contributed by atoms with Gasteiger partial charge in [-0.15, -0.1) is 0 Å². The normalized spacial score (nSPS) is 14.0. The van der Waals surface area contributed by atoms with Gasteiger partial charge in [-0.05, 0) is 123 Å². The highest BCUT2D eigenvalue weighted by Crippen LogP contribution is 2.30. The van der Waals surface area contributed by atoms with Gasteiger partial charge in [-0.25, -0.2) is 27.5 Å². The van der Waals surface area contributed by atoms with E-state index in [1.807, 2.05) is 62.4 Å². The summed E-state index contributed by atoms with van der Waals surface area (Å²) in [5.74, 6) is -2.57. The fraction of sp³-hybridized carbons (Fsp3) is 0.200. The van der Waals surface area contributed by atoms with Crippen molar-refractivity contribution >= 4 is 45.9 Å². The number of aromatic amines is 2. The number of rotatable bonds is 10. The Morgan fingerprint density at radius 2 is 1.20 bits per heavy atom. The molecule has 0 saturated heterocycles. The third-order valence-corrected chi connectivity index (χ3v) is 8.48. The van der Waals surface area contributed by atoms with Crippen LogP contribution in [-0.4, -0.2) is 39.3 Å². The Kier molecular flexibility index (Phi) is 9.11. The summed E-state index contributed by atoms with van der Waals surface area (Å²) in [5, 5.41) is 0. The van der Waals surface area contributed by atoms with E-state index in [-0.39, 0.29) is 25.7 Å². The lowest BCUT2D eigenvalue weighted by atomic mass is 10.1. The predicted molar refractivity (Wildman–Crippen MR) is 188 cm³/mol. The molecule has 2 atom stereocenters. The number of fused-ring (bicyclic) bond motifs is 8. The van der Waals surface area contributed by atoms with Gasteiger partial charge in [0, 0.05) is 45.3 Å². The Balaban J connectivity index is 1.26. The van der Waals surface area contributed by atoms with Gasteiger partial charge in [0.1, 0.15) is 23.3 Å². The molecule has 2 N–H and O–H groups in total. The number of nitrogens with zero attached hydrogens (tertiary/aromatic N) is 2. The average Bonchev–Trinajstić information content (AvgIpc) is 3.85. The molecule has 8 bridgehead atoms. The van der Waals surface area contributed by atoms with Crippen LogP contribution in [0.25, 0.3) is 45.9 Å². The van der Waals surface area contributed by atoms with E-state index in [0.29, 0.717) is 51.2 Å². The molecule has 0 amide bonds. The zero-order chi connectivity index (χ0) is 35.6. The first kappa shape index (κ1) is 31.9. The fourth-order valence-corrected chi connectivity index (χ4v) is 6.09. The third-order valence-electron chi connectivity index (χ3n) is 8.48. The molecule has 5 aromatic rings. The van der Waals surface area contributed by atoms with E-state index in [4.69, 9.17) is 20.8 Å². The molecule has 0 aliphatic carbocycles. The fourth-order valence-electron chi connectivity index (χ4n) is 6.09. The molecule has 50 heavy (non-hydrogen) atoms. The number of halogens is 4. The number of hydrogen-bond acceptors (Lipinski definition) is 4. The number of ether oxygens (including phenoxy) is 2. The van der Waals surface area contributed by atoms with Gasteiger partial charge in [0.05, 0.1) is 49.6 Å². The summed E-state index contributed by atoms with van der Waals surface area (Å²) in [6.07, 6.45) is 5.31. The monoisotopic (exact) mass is 679 g/mol. The van der Waals surface area contributed by atoms with E-state index in [0.717, 1.165) is 34.4 Å². The minimum atomic E-state index is -0.650. The molecular weight excluding hydrogens is 644 g/mol. The van der Waals surface area contributed by atoms with Gasteiger partial charge in [0.25, 0.3) is 0 Å². The highest BCUT2D eigenvalue weighted by atomic mass is 19.1. The standard InChI is InChI=1S/C40H34F4N4O2/c1-23(49-9-7-25-11-27(41)15-28(42)12-25)37-19-35-18-33-4-3-31(45-33)17-32-5-6-34(46-32)21-39-38(20-36(48-39)22-40(37)47-35)24(2)50-10-8-26-13-29(43)16-30(44)14-26/h3-6,11-24,46-47H,7-10H2,1-2H3/i19D. The van der Waals surface area contributed by atoms with E-state index in [2.05, 4.69) is 9.97 Å². The largest absolute Gasteiger partial charge is 0.373 e. The molecule has 5 heterocycles. The molecule has 0 spiro atoms. The summed E-state index contributed by atoms with van der Waals surface area (Å²) in [6, 6.07) is 18.4. The van der Waals surface area contributed by atoms with Crippen molar-refractivity contribution in [3.05, 3.63) is 142 Å². The van der Waals surface area contributed by atoms with Crippen LogP contribution < -0.4 is 0 Å². The van der Waals surface area contributed by atoms with Crippen molar-refractivity contribution in [2.24, 2.45) is 0 Å². The maximum absolute atomic E-state index is 13.8. The van der Waals surface area contributed by atoms with Crippen LogP contribution in [0.15, 0.2) is 78.8 Å². The van der Waals surface area contributed by atoms with E-state index in [9.17, 15) is 17.6 Å². The minimum absolute atomic E-state index is 0.170. The van der Waals surface area contributed by atoms with Crippen molar-refractivity contribution in [2.45, 2.75) is 38.9 Å². The van der Waals surface area contributed by atoms with Crippen LogP contribution in [0.3, 0.4) is 0 Å². The highest BCUT2D eigenvalue weighted by Gasteiger charge is 2.19. The summed E-state index contributed by atoms with van der Waals surface area (Å²) in [4.78, 5) is 16.4. The summed E-state index contributed by atoms with van der Waals surface area (Å²) in [6.45, 7) is 4.12. The molecule has 2 unspecified atom stereocenters. The van der Waals surface area contributed by atoms with E-state index >= 15 is 0 Å². The van der Waals surface area contributed by atoms with Crippen molar-refractivity contribution in [3.8, 4) is 0 Å².